The van der Waals surface area contributed by atoms with Gasteiger partial charge in [0.05, 0.1) is 0 Å². The molecule has 0 bridgehead atoms. The molecule has 0 unspecified atom stereocenters. The average Bonchev–Trinajstić information content (AvgIpc) is 3.07. The van der Waals surface area contributed by atoms with Gasteiger partial charge in [0, 0.05) is 13.0 Å². The number of rotatable bonds is 43. The Morgan fingerprint density at radius 1 is 0.298 bits per heavy atom. The van der Waals surface area contributed by atoms with Gasteiger partial charge < -0.3 is 26.2 Å². The number of aliphatic hydroxyl groups excluding tert-OH is 1. The molecule has 0 aliphatic heterocycles. The maximum absolute atomic E-state index is 10.5. The number of aliphatic carboxylic acids is 1. The van der Waals surface area contributed by atoms with E-state index in [1.807, 2.05) is 0 Å². The normalized spacial score (nSPS) is 11.5. The largest absolute Gasteiger partial charge is 0.481 e. The highest BCUT2D eigenvalue weighted by Crippen LogP contribution is 2.15. The van der Waals surface area contributed by atoms with Crippen molar-refractivity contribution in [2.75, 3.05) is 45.9 Å². The van der Waals surface area contributed by atoms with Crippen molar-refractivity contribution in [3.8, 4) is 0 Å². The smallest absolute Gasteiger partial charge is 0.303 e. The highest BCUT2D eigenvalue weighted by atomic mass is 16.4. The number of aliphatic hydroxyl groups is 1. The second-order valence-corrected chi connectivity index (χ2v) is 14.4. The minimum Gasteiger partial charge on any atom is -0.481 e. The summed E-state index contributed by atoms with van der Waals surface area (Å²) >= 11 is 0. The predicted octanol–water partition coefficient (Wildman–Crippen LogP) is 10.7. The first-order valence-electron chi connectivity index (χ1n) is 21.2. The lowest BCUT2D eigenvalue weighted by molar-refractivity contribution is -0.137. The molecule has 6 nitrogen and oxygen atoms in total. The van der Waals surface area contributed by atoms with Gasteiger partial charge in [0.25, 0.3) is 0 Å². The number of hydrogen-bond donors (Lipinski definition) is 5. The zero-order valence-corrected chi connectivity index (χ0v) is 31.6. The fraction of sp³-hybridized carbons (Fsp3) is 0.976. The molecule has 0 rings (SSSR count). The molecule has 6 heteroatoms. The van der Waals surface area contributed by atoms with Gasteiger partial charge in [-0.05, 0) is 84.2 Å². The zero-order valence-electron chi connectivity index (χ0n) is 31.6. The summed E-state index contributed by atoms with van der Waals surface area (Å²) in [6.07, 6.45) is 43.6. The van der Waals surface area contributed by atoms with Crippen LogP contribution in [0, 0.1) is 0 Å². The average molecular weight is 668 g/mol. The van der Waals surface area contributed by atoms with E-state index in [-0.39, 0.29) is 6.42 Å². The van der Waals surface area contributed by atoms with Crippen LogP contribution in [0.2, 0.25) is 0 Å². The lowest BCUT2D eigenvalue weighted by atomic mass is 10.0. The molecule has 0 aromatic rings. The highest BCUT2D eigenvalue weighted by Gasteiger charge is 1.98. The summed E-state index contributed by atoms with van der Waals surface area (Å²) in [4.78, 5) is 10.5. The lowest BCUT2D eigenvalue weighted by Crippen LogP contribution is -2.20. The van der Waals surface area contributed by atoms with Crippen molar-refractivity contribution in [3.05, 3.63) is 0 Å². The molecule has 0 heterocycles. The van der Waals surface area contributed by atoms with Gasteiger partial charge in [0.1, 0.15) is 0 Å². The van der Waals surface area contributed by atoms with Crippen LogP contribution in [0.3, 0.4) is 0 Å². The molecular formula is C41H85N3O3. The topological polar surface area (TPSA) is 93.6 Å². The first-order chi connectivity index (χ1) is 23.3. The maximum atomic E-state index is 10.5. The van der Waals surface area contributed by atoms with Gasteiger partial charge >= 0.3 is 5.97 Å². The second-order valence-electron chi connectivity index (χ2n) is 14.4. The number of carboxylic acid groups (broad SMARTS) is 1. The molecule has 0 spiro atoms. The van der Waals surface area contributed by atoms with E-state index >= 15 is 0 Å². The standard InChI is InChI=1S/C41H85N3O3/c45-40-31-25-21-17-13-8-6-4-2-1-3-5-7-10-14-18-22-26-34-42-35-27-23-19-15-11-9-12-16-20-24-28-36-43-37-29-30-38-44-39-32-33-41(46)47/h42-45H,1-40H2,(H,46,47). The van der Waals surface area contributed by atoms with Crippen LogP contribution in [-0.4, -0.2) is 62.1 Å². The molecule has 0 radical (unpaired) electrons. The van der Waals surface area contributed by atoms with Gasteiger partial charge in [-0.2, -0.15) is 0 Å². The molecule has 0 aliphatic carbocycles. The van der Waals surface area contributed by atoms with Crippen molar-refractivity contribution in [1.82, 2.24) is 16.0 Å². The van der Waals surface area contributed by atoms with Crippen LogP contribution in [0.4, 0.5) is 0 Å². The van der Waals surface area contributed by atoms with Crippen molar-refractivity contribution in [2.45, 2.75) is 212 Å². The highest BCUT2D eigenvalue weighted by molar-refractivity contribution is 5.66. The summed E-state index contributed by atoms with van der Waals surface area (Å²) < 4.78 is 0. The Balaban J connectivity index is 3.04. The third kappa shape index (κ3) is 45.3. The van der Waals surface area contributed by atoms with Crippen LogP contribution in [0.1, 0.15) is 212 Å². The van der Waals surface area contributed by atoms with Gasteiger partial charge in [-0.15, -0.1) is 0 Å². The van der Waals surface area contributed by atoms with Gasteiger partial charge in [0.15, 0.2) is 0 Å². The molecule has 47 heavy (non-hydrogen) atoms. The Morgan fingerprint density at radius 3 is 0.723 bits per heavy atom. The van der Waals surface area contributed by atoms with E-state index in [0.717, 1.165) is 45.4 Å². The monoisotopic (exact) mass is 668 g/mol. The number of carboxylic acids is 1. The summed E-state index contributed by atoms with van der Waals surface area (Å²) in [6, 6.07) is 0. The fourth-order valence-electron chi connectivity index (χ4n) is 6.52. The van der Waals surface area contributed by atoms with Gasteiger partial charge in [0.2, 0.25) is 0 Å². The van der Waals surface area contributed by atoms with Crippen molar-refractivity contribution >= 4 is 5.97 Å². The summed E-state index contributed by atoms with van der Waals surface area (Å²) in [6.45, 7) is 6.86. The van der Waals surface area contributed by atoms with Gasteiger partial charge in [-0.3, -0.25) is 4.79 Å². The molecule has 5 N–H and O–H groups in total. The zero-order chi connectivity index (χ0) is 34.0. The van der Waals surface area contributed by atoms with E-state index in [2.05, 4.69) is 16.0 Å². The van der Waals surface area contributed by atoms with Crippen LogP contribution in [0.5, 0.6) is 0 Å². The Hall–Kier alpha value is -0.690. The van der Waals surface area contributed by atoms with Crippen molar-refractivity contribution in [1.29, 1.82) is 0 Å². The van der Waals surface area contributed by atoms with E-state index in [0.29, 0.717) is 6.61 Å². The molecule has 282 valence electrons. The van der Waals surface area contributed by atoms with Crippen molar-refractivity contribution in [2.24, 2.45) is 0 Å². The quantitative estimate of drug-likeness (QED) is 0.0416. The van der Waals surface area contributed by atoms with E-state index in [9.17, 15) is 4.79 Å². The van der Waals surface area contributed by atoms with E-state index in [4.69, 9.17) is 10.2 Å². The summed E-state index contributed by atoms with van der Waals surface area (Å²) in [5.74, 6) is -0.700. The molecule has 0 saturated heterocycles. The van der Waals surface area contributed by atoms with Gasteiger partial charge in [-0.25, -0.2) is 0 Å². The number of carbonyl (C=O) groups is 1. The Bertz CT molecular complexity index is 578. The molecule has 0 aliphatic rings. The third-order valence-electron chi connectivity index (χ3n) is 9.67. The number of hydrogen-bond acceptors (Lipinski definition) is 5. The number of unbranched alkanes of at least 4 members (excludes halogenated alkanes) is 28. The first kappa shape index (κ1) is 46.3. The fourth-order valence-corrected chi connectivity index (χ4v) is 6.52. The van der Waals surface area contributed by atoms with Crippen LogP contribution in [-0.2, 0) is 4.79 Å². The van der Waals surface area contributed by atoms with Crippen LogP contribution in [0.15, 0.2) is 0 Å². The molecular weight excluding hydrogens is 582 g/mol. The second kappa shape index (κ2) is 43.3. The van der Waals surface area contributed by atoms with Gasteiger partial charge in [-0.1, -0.05) is 161 Å². The SMILES string of the molecule is O=C(O)CCCNCCCCNCCCCCCCCCCCCCNCCCCCCCCCCCCCCCCCCCCO. The summed E-state index contributed by atoms with van der Waals surface area (Å²) in [5.41, 5.74) is 0. The number of nitrogens with one attached hydrogen (secondary N) is 3. The summed E-state index contributed by atoms with van der Waals surface area (Å²) in [5, 5.41) is 28.0. The third-order valence-corrected chi connectivity index (χ3v) is 9.67. The lowest BCUT2D eigenvalue weighted by Gasteiger charge is -2.06. The minimum atomic E-state index is -0.700. The Morgan fingerprint density at radius 2 is 0.489 bits per heavy atom. The molecule has 0 fully saturated rings. The minimum absolute atomic E-state index is 0.268. The molecule has 0 aromatic heterocycles. The van der Waals surface area contributed by atoms with E-state index in [1.165, 1.54) is 199 Å². The van der Waals surface area contributed by atoms with Crippen LogP contribution in [0.25, 0.3) is 0 Å². The maximum Gasteiger partial charge on any atom is 0.303 e. The van der Waals surface area contributed by atoms with Crippen LogP contribution < -0.4 is 16.0 Å². The molecule has 0 atom stereocenters. The van der Waals surface area contributed by atoms with Crippen molar-refractivity contribution in [3.63, 3.8) is 0 Å². The van der Waals surface area contributed by atoms with E-state index < -0.39 is 5.97 Å². The van der Waals surface area contributed by atoms with Crippen molar-refractivity contribution < 1.29 is 15.0 Å². The Labute approximate surface area is 294 Å². The van der Waals surface area contributed by atoms with Crippen LogP contribution >= 0.6 is 0 Å². The molecule has 0 aromatic carbocycles. The molecule has 0 saturated carbocycles. The summed E-state index contributed by atoms with van der Waals surface area (Å²) in [7, 11) is 0. The molecule has 0 amide bonds. The predicted molar refractivity (Wildman–Crippen MR) is 206 cm³/mol. The first-order valence-corrected chi connectivity index (χ1v) is 21.2. The van der Waals surface area contributed by atoms with E-state index in [1.54, 1.807) is 0 Å². The Kier molecular flexibility index (Phi) is 42.7.